The molecule has 0 bridgehead atoms. The summed E-state index contributed by atoms with van der Waals surface area (Å²) in [5.74, 6) is 0.515. The number of carbonyl (C=O) groups excluding carboxylic acids is 2. The SMILES string of the molecule is Cc1ccsc1C(=O)Nc1ccc(N2CCN(C3CCCCC3)C2=O)nc1. The number of hydrogen-bond acceptors (Lipinski definition) is 4. The first-order valence-electron chi connectivity index (χ1n) is 9.53. The van der Waals surface area contributed by atoms with Gasteiger partial charge >= 0.3 is 6.03 Å². The highest BCUT2D eigenvalue weighted by atomic mass is 32.1. The van der Waals surface area contributed by atoms with E-state index in [0.717, 1.165) is 24.9 Å². The van der Waals surface area contributed by atoms with E-state index in [2.05, 4.69) is 10.3 Å². The van der Waals surface area contributed by atoms with Crippen molar-refractivity contribution >= 4 is 34.8 Å². The second kappa shape index (κ2) is 7.68. The minimum Gasteiger partial charge on any atom is -0.320 e. The van der Waals surface area contributed by atoms with Gasteiger partial charge in [-0.1, -0.05) is 19.3 Å². The number of hydrogen-bond donors (Lipinski definition) is 1. The zero-order valence-electron chi connectivity index (χ0n) is 15.5. The van der Waals surface area contributed by atoms with Crippen LogP contribution in [0.15, 0.2) is 29.8 Å². The molecule has 1 aliphatic carbocycles. The molecule has 142 valence electrons. The molecule has 1 N–H and O–H groups in total. The van der Waals surface area contributed by atoms with Crippen LogP contribution in [0.3, 0.4) is 0 Å². The standard InChI is InChI=1S/C20H24N4O2S/c1-14-9-12-27-18(14)19(25)22-15-7-8-17(21-13-15)24-11-10-23(20(24)26)16-5-3-2-4-6-16/h7-9,12-13,16H,2-6,10-11H2,1H3,(H,22,25). The van der Waals surface area contributed by atoms with E-state index in [0.29, 0.717) is 29.0 Å². The fourth-order valence-corrected chi connectivity index (χ4v) is 4.73. The minimum atomic E-state index is -0.127. The smallest absolute Gasteiger partial charge is 0.320 e. The Morgan fingerprint density at radius 2 is 2.00 bits per heavy atom. The van der Waals surface area contributed by atoms with E-state index in [4.69, 9.17) is 0 Å². The molecule has 3 heterocycles. The van der Waals surface area contributed by atoms with Gasteiger partial charge in [0.25, 0.3) is 5.91 Å². The van der Waals surface area contributed by atoms with Crippen molar-refractivity contribution in [2.45, 2.75) is 45.1 Å². The summed E-state index contributed by atoms with van der Waals surface area (Å²) in [6.07, 6.45) is 7.55. The van der Waals surface area contributed by atoms with Gasteiger partial charge in [-0.05, 0) is 48.9 Å². The average Bonchev–Trinajstić information content (AvgIpc) is 3.29. The van der Waals surface area contributed by atoms with Crippen molar-refractivity contribution in [2.75, 3.05) is 23.3 Å². The number of thiophene rings is 1. The predicted molar refractivity (Wildman–Crippen MR) is 108 cm³/mol. The van der Waals surface area contributed by atoms with Gasteiger partial charge in [0.15, 0.2) is 0 Å². The van der Waals surface area contributed by atoms with Gasteiger partial charge in [0.05, 0.1) is 16.8 Å². The van der Waals surface area contributed by atoms with E-state index >= 15 is 0 Å². The molecule has 0 unspecified atom stereocenters. The van der Waals surface area contributed by atoms with Gasteiger partial charge in [0, 0.05) is 19.1 Å². The monoisotopic (exact) mass is 384 g/mol. The van der Waals surface area contributed by atoms with Crippen LogP contribution in [0, 0.1) is 6.92 Å². The first kappa shape index (κ1) is 18.0. The van der Waals surface area contributed by atoms with Gasteiger partial charge < -0.3 is 10.2 Å². The summed E-state index contributed by atoms with van der Waals surface area (Å²) >= 11 is 1.42. The maximum Gasteiger partial charge on any atom is 0.326 e. The normalized spacial score (nSPS) is 18.2. The third kappa shape index (κ3) is 3.69. The number of rotatable bonds is 4. The molecular formula is C20H24N4O2S. The number of amides is 3. The topological polar surface area (TPSA) is 65.5 Å². The molecule has 2 fully saturated rings. The fraction of sp³-hybridized carbons (Fsp3) is 0.450. The molecule has 7 heteroatoms. The first-order chi connectivity index (χ1) is 13.1. The summed E-state index contributed by atoms with van der Waals surface area (Å²) in [6, 6.07) is 5.97. The van der Waals surface area contributed by atoms with Crippen LogP contribution in [0.4, 0.5) is 16.3 Å². The van der Waals surface area contributed by atoms with E-state index in [1.807, 2.05) is 23.3 Å². The average molecular weight is 385 g/mol. The highest BCUT2D eigenvalue weighted by Gasteiger charge is 2.35. The molecule has 0 atom stereocenters. The fourth-order valence-electron chi connectivity index (χ4n) is 3.91. The summed E-state index contributed by atoms with van der Waals surface area (Å²) in [5.41, 5.74) is 1.60. The van der Waals surface area contributed by atoms with Crippen LogP contribution in [-0.2, 0) is 0 Å². The molecule has 0 aromatic carbocycles. The van der Waals surface area contributed by atoms with Crippen LogP contribution in [0.2, 0.25) is 0 Å². The largest absolute Gasteiger partial charge is 0.326 e. The Balaban J connectivity index is 1.41. The zero-order chi connectivity index (χ0) is 18.8. The van der Waals surface area contributed by atoms with Crippen molar-refractivity contribution in [1.29, 1.82) is 0 Å². The molecule has 1 aliphatic heterocycles. The number of pyridine rings is 1. The number of anilines is 2. The van der Waals surface area contributed by atoms with Gasteiger partial charge in [-0.25, -0.2) is 9.78 Å². The Morgan fingerprint density at radius 3 is 2.67 bits per heavy atom. The number of nitrogens with zero attached hydrogens (tertiary/aromatic N) is 3. The van der Waals surface area contributed by atoms with Crippen molar-refractivity contribution in [1.82, 2.24) is 9.88 Å². The summed E-state index contributed by atoms with van der Waals surface area (Å²) < 4.78 is 0. The zero-order valence-corrected chi connectivity index (χ0v) is 16.3. The Bertz CT molecular complexity index is 827. The molecule has 27 heavy (non-hydrogen) atoms. The van der Waals surface area contributed by atoms with Crippen LogP contribution in [0.5, 0.6) is 0 Å². The van der Waals surface area contributed by atoms with E-state index in [-0.39, 0.29) is 11.9 Å². The maximum atomic E-state index is 12.8. The van der Waals surface area contributed by atoms with Crippen LogP contribution in [-0.4, -0.2) is 41.0 Å². The molecule has 6 nitrogen and oxygen atoms in total. The van der Waals surface area contributed by atoms with Crippen molar-refractivity contribution < 1.29 is 9.59 Å². The molecule has 0 radical (unpaired) electrons. The maximum absolute atomic E-state index is 12.8. The Kier molecular flexibility index (Phi) is 5.11. The van der Waals surface area contributed by atoms with E-state index in [1.165, 1.54) is 30.6 Å². The quantitative estimate of drug-likeness (QED) is 0.856. The minimum absolute atomic E-state index is 0.0559. The van der Waals surface area contributed by atoms with Gasteiger partial charge in [0.1, 0.15) is 5.82 Å². The molecular weight excluding hydrogens is 360 g/mol. The highest BCUT2D eigenvalue weighted by molar-refractivity contribution is 7.12. The lowest BCUT2D eigenvalue weighted by molar-refractivity contribution is 0.103. The molecule has 2 aliphatic rings. The summed E-state index contributed by atoms with van der Waals surface area (Å²) in [5, 5.41) is 4.78. The molecule has 1 saturated heterocycles. The number of nitrogens with one attached hydrogen (secondary N) is 1. The number of carbonyl (C=O) groups is 2. The lowest BCUT2D eigenvalue weighted by Gasteiger charge is -2.30. The van der Waals surface area contributed by atoms with Crippen LogP contribution < -0.4 is 10.2 Å². The molecule has 0 spiro atoms. The molecule has 2 aromatic heterocycles. The Morgan fingerprint density at radius 1 is 1.19 bits per heavy atom. The number of aromatic nitrogens is 1. The Labute approximate surface area is 163 Å². The molecule has 4 rings (SSSR count). The van der Waals surface area contributed by atoms with Crippen molar-refractivity contribution in [3.63, 3.8) is 0 Å². The summed E-state index contributed by atoms with van der Waals surface area (Å²) in [7, 11) is 0. The first-order valence-corrected chi connectivity index (χ1v) is 10.4. The lowest BCUT2D eigenvalue weighted by atomic mass is 9.94. The second-order valence-electron chi connectivity index (χ2n) is 7.21. The second-order valence-corrected chi connectivity index (χ2v) is 8.13. The van der Waals surface area contributed by atoms with Crippen LogP contribution in [0.25, 0.3) is 0 Å². The summed E-state index contributed by atoms with van der Waals surface area (Å²) in [6.45, 7) is 3.35. The van der Waals surface area contributed by atoms with Crippen LogP contribution in [0.1, 0.15) is 47.3 Å². The predicted octanol–water partition coefficient (Wildman–Crippen LogP) is 4.28. The molecule has 3 amide bonds. The molecule has 2 aromatic rings. The van der Waals surface area contributed by atoms with E-state index < -0.39 is 0 Å². The molecule has 1 saturated carbocycles. The summed E-state index contributed by atoms with van der Waals surface area (Å²) in [4.78, 5) is 34.0. The van der Waals surface area contributed by atoms with Gasteiger partial charge in [0.2, 0.25) is 0 Å². The third-order valence-electron chi connectivity index (χ3n) is 5.41. The number of urea groups is 1. The van der Waals surface area contributed by atoms with Crippen molar-refractivity contribution in [3.05, 3.63) is 40.2 Å². The third-order valence-corrected chi connectivity index (χ3v) is 6.42. The Hall–Kier alpha value is -2.41. The van der Waals surface area contributed by atoms with Gasteiger partial charge in [-0.2, -0.15) is 0 Å². The van der Waals surface area contributed by atoms with E-state index in [1.54, 1.807) is 23.2 Å². The highest BCUT2D eigenvalue weighted by Crippen LogP contribution is 2.28. The number of aryl methyl sites for hydroxylation is 1. The van der Waals surface area contributed by atoms with Gasteiger partial charge in [-0.3, -0.25) is 9.69 Å². The van der Waals surface area contributed by atoms with Crippen LogP contribution >= 0.6 is 11.3 Å². The van der Waals surface area contributed by atoms with Crippen molar-refractivity contribution in [2.24, 2.45) is 0 Å². The lowest BCUT2D eigenvalue weighted by Crippen LogP contribution is -2.40. The van der Waals surface area contributed by atoms with E-state index in [9.17, 15) is 9.59 Å². The van der Waals surface area contributed by atoms with Crippen molar-refractivity contribution in [3.8, 4) is 0 Å². The van der Waals surface area contributed by atoms with Gasteiger partial charge in [-0.15, -0.1) is 11.3 Å².